The van der Waals surface area contributed by atoms with E-state index in [1.807, 2.05) is 41.4 Å². The minimum absolute atomic E-state index is 0.0581. The zero-order valence-corrected chi connectivity index (χ0v) is 19.7. The highest BCUT2D eigenvalue weighted by molar-refractivity contribution is 7.82. The van der Waals surface area contributed by atoms with E-state index in [9.17, 15) is 0 Å². The molecule has 0 spiro atoms. The highest BCUT2D eigenvalue weighted by atomic mass is 35.5. The summed E-state index contributed by atoms with van der Waals surface area (Å²) in [5.41, 5.74) is 6.14. The van der Waals surface area contributed by atoms with E-state index in [1.165, 1.54) is 19.3 Å². The number of thiocarbonyl (C=S) groups is 1. The standard InChI is InChI=1S/C22H23Cl3N4S/c1-14-20(22(30)27-28-11-3-2-4-12-28)26-29(19-10-9-17(24)13-18(19)25)21(14)15-5-7-16(23)8-6-15/h5-10,13-14,21H,2-4,11-12H2,1H3,(H,27,30)/t14-,21-/m0/s1. The van der Waals surface area contributed by atoms with E-state index >= 15 is 0 Å². The van der Waals surface area contributed by atoms with Crippen molar-refractivity contribution < 1.29 is 0 Å². The van der Waals surface area contributed by atoms with E-state index in [-0.39, 0.29) is 12.0 Å². The first kappa shape index (κ1) is 21.8. The van der Waals surface area contributed by atoms with Crippen molar-refractivity contribution in [1.82, 2.24) is 10.4 Å². The lowest BCUT2D eigenvalue weighted by molar-refractivity contribution is 0.197. The lowest BCUT2D eigenvalue weighted by Crippen LogP contribution is -2.47. The number of piperidine rings is 1. The van der Waals surface area contributed by atoms with E-state index in [0.717, 1.165) is 30.1 Å². The number of anilines is 1. The van der Waals surface area contributed by atoms with E-state index < -0.39 is 0 Å². The van der Waals surface area contributed by atoms with Gasteiger partial charge in [-0.2, -0.15) is 5.10 Å². The van der Waals surface area contributed by atoms with Crippen molar-refractivity contribution in [3.05, 3.63) is 63.1 Å². The van der Waals surface area contributed by atoms with Crippen LogP contribution in [0, 0.1) is 5.92 Å². The quantitative estimate of drug-likeness (QED) is 0.504. The maximum absolute atomic E-state index is 6.55. The van der Waals surface area contributed by atoms with Gasteiger partial charge in [-0.15, -0.1) is 0 Å². The van der Waals surface area contributed by atoms with Gasteiger partial charge < -0.3 is 5.43 Å². The number of hydrazone groups is 1. The van der Waals surface area contributed by atoms with Crippen molar-refractivity contribution >= 4 is 63.4 Å². The average molecular weight is 482 g/mol. The van der Waals surface area contributed by atoms with Crippen molar-refractivity contribution in [2.45, 2.75) is 32.2 Å². The summed E-state index contributed by atoms with van der Waals surface area (Å²) in [5.74, 6) is 0.0581. The van der Waals surface area contributed by atoms with Gasteiger partial charge in [-0.25, -0.2) is 5.01 Å². The topological polar surface area (TPSA) is 30.9 Å². The van der Waals surface area contributed by atoms with Crippen molar-refractivity contribution in [2.75, 3.05) is 18.1 Å². The Morgan fingerprint density at radius 1 is 1.00 bits per heavy atom. The van der Waals surface area contributed by atoms with Gasteiger partial charge in [0.1, 0.15) is 10.7 Å². The number of nitrogens with one attached hydrogen (secondary N) is 1. The van der Waals surface area contributed by atoms with Crippen LogP contribution in [0.2, 0.25) is 15.1 Å². The summed E-state index contributed by atoms with van der Waals surface area (Å²) < 4.78 is 0. The number of hydrogen-bond acceptors (Lipinski definition) is 4. The molecule has 2 aliphatic heterocycles. The summed E-state index contributed by atoms with van der Waals surface area (Å²) in [7, 11) is 0. The monoisotopic (exact) mass is 480 g/mol. The molecule has 1 N–H and O–H groups in total. The van der Waals surface area contributed by atoms with Crippen LogP contribution in [0.3, 0.4) is 0 Å². The molecule has 4 rings (SSSR count). The van der Waals surface area contributed by atoms with Gasteiger partial charge in [0.2, 0.25) is 0 Å². The van der Waals surface area contributed by atoms with Crippen LogP contribution in [0.5, 0.6) is 0 Å². The number of hydrogen-bond donors (Lipinski definition) is 1. The van der Waals surface area contributed by atoms with Crippen LogP contribution >= 0.6 is 47.0 Å². The van der Waals surface area contributed by atoms with Crippen LogP contribution in [0.1, 0.15) is 37.8 Å². The molecule has 158 valence electrons. The number of rotatable bonds is 4. The van der Waals surface area contributed by atoms with Crippen molar-refractivity contribution in [3.63, 3.8) is 0 Å². The first-order valence-electron chi connectivity index (χ1n) is 10.1. The number of benzene rings is 2. The number of halogens is 3. The van der Waals surface area contributed by atoms with Crippen molar-refractivity contribution in [3.8, 4) is 0 Å². The molecule has 2 aliphatic rings. The van der Waals surface area contributed by atoms with Crippen LogP contribution in [0.15, 0.2) is 47.6 Å². The molecule has 0 saturated carbocycles. The molecule has 0 aromatic heterocycles. The Morgan fingerprint density at radius 2 is 1.67 bits per heavy atom. The SMILES string of the molecule is C[C@H]1C(C(=S)NN2CCCCC2)=NN(c2ccc(Cl)cc2Cl)[C@@H]1c1ccc(Cl)cc1. The van der Waals surface area contributed by atoms with Crippen LogP contribution in [-0.2, 0) is 0 Å². The Hall–Kier alpha value is -1.37. The Morgan fingerprint density at radius 3 is 2.33 bits per heavy atom. The maximum atomic E-state index is 6.55. The lowest BCUT2D eigenvalue weighted by Gasteiger charge is -2.29. The highest BCUT2D eigenvalue weighted by Crippen LogP contribution is 2.42. The molecule has 1 fully saturated rings. The van der Waals surface area contributed by atoms with Crippen molar-refractivity contribution in [1.29, 1.82) is 0 Å². The molecule has 0 aliphatic carbocycles. The van der Waals surface area contributed by atoms with Crippen LogP contribution in [0.25, 0.3) is 0 Å². The van der Waals surface area contributed by atoms with Gasteiger partial charge in [0.25, 0.3) is 0 Å². The van der Waals surface area contributed by atoms with E-state index in [2.05, 4.69) is 17.4 Å². The molecular weight excluding hydrogens is 459 g/mol. The predicted octanol–water partition coefficient (Wildman–Crippen LogP) is 6.52. The molecule has 0 bridgehead atoms. The maximum Gasteiger partial charge on any atom is 0.137 e. The highest BCUT2D eigenvalue weighted by Gasteiger charge is 2.39. The summed E-state index contributed by atoms with van der Waals surface area (Å²) in [6.07, 6.45) is 3.62. The molecule has 0 radical (unpaired) electrons. The molecule has 30 heavy (non-hydrogen) atoms. The number of hydrazine groups is 1. The van der Waals surface area contributed by atoms with Gasteiger partial charge in [0.15, 0.2) is 0 Å². The third kappa shape index (κ3) is 4.61. The molecule has 2 aromatic rings. The summed E-state index contributed by atoms with van der Waals surface area (Å²) in [4.78, 5) is 0.663. The minimum atomic E-state index is -0.0583. The molecular formula is C22H23Cl3N4S. The summed E-state index contributed by atoms with van der Waals surface area (Å²) >= 11 is 24.6. The van der Waals surface area contributed by atoms with Crippen LogP contribution in [0.4, 0.5) is 5.69 Å². The molecule has 2 heterocycles. The van der Waals surface area contributed by atoms with Gasteiger partial charge >= 0.3 is 0 Å². The first-order chi connectivity index (χ1) is 14.4. The Labute approximate surface area is 197 Å². The summed E-state index contributed by atoms with van der Waals surface area (Å²) in [6.45, 7) is 4.14. The molecule has 4 nitrogen and oxygen atoms in total. The molecule has 0 amide bonds. The third-order valence-electron chi connectivity index (χ3n) is 5.60. The van der Waals surface area contributed by atoms with Gasteiger partial charge in [-0.05, 0) is 48.7 Å². The fourth-order valence-electron chi connectivity index (χ4n) is 4.05. The average Bonchev–Trinajstić information content (AvgIpc) is 3.06. The normalized spacial score (nSPS) is 22.1. The van der Waals surface area contributed by atoms with Gasteiger partial charge in [-0.3, -0.25) is 5.01 Å². The van der Waals surface area contributed by atoms with E-state index in [1.54, 1.807) is 6.07 Å². The molecule has 2 atom stereocenters. The Kier molecular flexibility index (Phi) is 6.85. The van der Waals surface area contributed by atoms with E-state index in [0.29, 0.717) is 20.1 Å². The largest absolute Gasteiger partial charge is 0.308 e. The van der Waals surface area contributed by atoms with Crippen molar-refractivity contribution in [2.24, 2.45) is 11.0 Å². The zero-order chi connectivity index (χ0) is 21.3. The fourth-order valence-corrected chi connectivity index (χ4v) is 5.03. The summed E-state index contributed by atoms with van der Waals surface area (Å²) in [6, 6.07) is 13.2. The second-order valence-corrected chi connectivity index (χ2v) is 9.39. The predicted molar refractivity (Wildman–Crippen MR) is 131 cm³/mol. The smallest absolute Gasteiger partial charge is 0.137 e. The van der Waals surface area contributed by atoms with Crippen LogP contribution in [-0.4, -0.2) is 28.8 Å². The molecule has 0 unspecified atom stereocenters. The Bertz CT molecular complexity index is 957. The summed E-state index contributed by atoms with van der Waals surface area (Å²) in [5, 5.41) is 10.9. The van der Waals surface area contributed by atoms with Gasteiger partial charge in [0.05, 0.1) is 16.8 Å². The van der Waals surface area contributed by atoms with Gasteiger partial charge in [-0.1, -0.05) is 72.5 Å². The molecule has 2 aromatic carbocycles. The number of nitrogens with zero attached hydrogens (tertiary/aromatic N) is 3. The fraction of sp³-hybridized carbons (Fsp3) is 0.364. The molecule has 8 heteroatoms. The van der Waals surface area contributed by atoms with Crippen LogP contribution < -0.4 is 10.4 Å². The third-order valence-corrected chi connectivity index (χ3v) is 6.69. The molecule has 1 saturated heterocycles. The lowest BCUT2D eigenvalue weighted by atomic mass is 9.91. The Balaban J connectivity index is 1.68. The second-order valence-electron chi connectivity index (χ2n) is 7.70. The van der Waals surface area contributed by atoms with E-state index in [4.69, 9.17) is 52.1 Å². The minimum Gasteiger partial charge on any atom is -0.308 e. The first-order valence-corrected chi connectivity index (χ1v) is 11.6. The van der Waals surface area contributed by atoms with Gasteiger partial charge in [0, 0.05) is 29.1 Å². The zero-order valence-electron chi connectivity index (χ0n) is 16.6. The second kappa shape index (κ2) is 9.41.